The molecule has 130 valence electrons. The smallest absolute Gasteiger partial charge is 0.207 e. The molecule has 26 heavy (non-hydrogen) atoms. The molecule has 0 aliphatic heterocycles. The van der Waals surface area contributed by atoms with Crippen LogP contribution in [0, 0.1) is 11.6 Å². The van der Waals surface area contributed by atoms with Crippen molar-refractivity contribution < 1.29 is 13.5 Å². The van der Waals surface area contributed by atoms with Gasteiger partial charge in [-0.1, -0.05) is 18.2 Å². The highest BCUT2D eigenvalue weighted by Gasteiger charge is 2.12. The number of benzene rings is 2. The van der Waals surface area contributed by atoms with Crippen LogP contribution in [0.15, 0.2) is 48.5 Å². The molecule has 0 fully saturated rings. The van der Waals surface area contributed by atoms with E-state index in [2.05, 4.69) is 20.4 Å². The molecular formula is C18H13F2N5O. The lowest BCUT2D eigenvalue weighted by molar-refractivity contribution is 0.303. The highest BCUT2D eigenvalue weighted by atomic mass is 19.1. The fourth-order valence-electron chi connectivity index (χ4n) is 2.62. The molecule has 0 aliphatic rings. The average Bonchev–Trinajstić information content (AvgIpc) is 3.09. The van der Waals surface area contributed by atoms with E-state index in [0.717, 1.165) is 0 Å². The van der Waals surface area contributed by atoms with Gasteiger partial charge in [0, 0.05) is 11.6 Å². The summed E-state index contributed by atoms with van der Waals surface area (Å²) in [6.45, 7) is -0.0552. The van der Waals surface area contributed by atoms with Gasteiger partial charge in [0.05, 0.1) is 0 Å². The topological polar surface area (TPSA) is 89.7 Å². The van der Waals surface area contributed by atoms with Crippen LogP contribution in [-0.4, -0.2) is 20.4 Å². The van der Waals surface area contributed by atoms with Crippen LogP contribution in [0.3, 0.4) is 0 Å². The molecule has 2 aromatic heterocycles. The maximum atomic E-state index is 14.2. The summed E-state index contributed by atoms with van der Waals surface area (Å²) < 4.78 is 33.3. The predicted octanol–water partition coefficient (Wildman–Crippen LogP) is 3.46. The fourth-order valence-corrected chi connectivity index (χ4v) is 2.62. The number of aromatic nitrogens is 4. The first-order valence-corrected chi connectivity index (χ1v) is 7.74. The molecule has 3 N–H and O–H groups in total. The number of nitrogens with zero attached hydrogens (tertiary/aromatic N) is 3. The van der Waals surface area contributed by atoms with Gasteiger partial charge in [0.25, 0.3) is 0 Å². The van der Waals surface area contributed by atoms with Crippen molar-refractivity contribution in [2.75, 3.05) is 5.73 Å². The van der Waals surface area contributed by atoms with Gasteiger partial charge < -0.3 is 10.5 Å². The summed E-state index contributed by atoms with van der Waals surface area (Å²) in [5.74, 6) is -0.221. The first-order valence-electron chi connectivity index (χ1n) is 7.74. The number of hydrogen-bond donors (Lipinski definition) is 2. The van der Waals surface area contributed by atoms with Crippen LogP contribution in [0.5, 0.6) is 5.75 Å². The van der Waals surface area contributed by atoms with Crippen molar-refractivity contribution >= 4 is 17.0 Å². The number of ether oxygens (including phenoxy) is 1. The number of rotatable bonds is 4. The molecule has 2 aromatic carbocycles. The van der Waals surface area contributed by atoms with Crippen molar-refractivity contribution in [2.45, 2.75) is 6.61 Å². The Morgan fingerprint density at radius 1 is 1.00 bits per heavy atom. The van der Waals surface area contributed by atoms with Crippen LogP contribution < -0.4 is 10.5 Å². The van der Waals surface area contributed by atoms with Gasteiger partial charge in [0.2, 0.25) is 5.65 Å². The van der Waals surface area contributed by atoms with Gasteiger partial charge in [-0.3, -0.25) is 0 Å². The Morgan fingerprint density at radius 3 is 2.69 bits per heavy atom. The molecule has 0 unspecified atom stereocenters. The zero-order chi connectivity index (χ0) is 18.1. The molecule has 0 saturated heterocycles. The minimum absolute atomic E-state index is 0.0552. The Labute approximate surface area is 146 Å². The molecule has 0 bridgehead atoms. The lowest BCUT2D eigenvalue weighted by Crippen LogP contribution is -2.01. The second-order valence-electron chi connectivity index (χ2n) is 5.65. The second-order valence-corrected chi connectivity index (χ2v) is 5.65. The molecule has 6 nitrogen and oxygen atoms in total. The van der Waals surface area contributed by atoms with E-state index >= 15 is 0 Å². The minimum Gasteiger partial charge on any atom is -0.486 e. The first kappa shape index (κ1) is 15.9. The van der Waals surface area contributed by atoms with Gasteiger partial charge in [0.1, 0.15) is 24.1 Å². The van der Waals surface area contributed by atoms with Crippen molar-refractivity contribution in [3.63, 3.8) is 0 Å². The van der Waals surface area contributed by atoms with Crippen molar-refractivity contribution in [3.8, 4) is 16.9 Å². The van der Waals surface area contributed by atoms with Crippen molar-refractivity contribution in [1.29, 1.82) is 0 Å². The summed E-state index contributed by atoms with van der Waals surface area (Å²) in [7, 11) is 0. The van der Waals surface area contributed by atoms with E-state index in [9.17, 15) is 8.78 Å². The quantitative estimate of drug-likeness (QED) is 0.586. The van der Waals surface area contributed by atoms with Gasteiger partial charge >= 0.3 is 0 Å². The number of fused-ring (bicyclic) bond motifs is 1. The van der Waals surface area contributed by atoms with Crippen LogP contribution in [-0.2, 0) is 6.61 Å². The molecule has 2 heterocycles. The Balaban J connectivity index is 1.64. The number of aromatic amines is 1. The molecule has 0 atom stereocenters. The number of halogens is 2. The van der Waals surface area contributed by atoms with Crippen LogP contribution in [0.4, 0.5) is 14.6 Å². The molecular weight excluding hydrogens is 340 g/mol. The van der Waals surface area contributed by atoms with E-state index in [-0.39, 0.29) is 18.2 Å². The molecule has 0 radical (unpaired) electrons. The van der Waals surface area contributed by atoms with Crippen LogP contribution >= 0.6 is 0 Å². The summed E-state index contributed by atoms with van der Waals surface area (Å²) in [4.78, 5) is 4.01. The van der Waals surface area contributed by atoms with E-state index in [4.69, 9.17) is 10.5 Å². The monoisotopic (exact) mass is 353 g/mol. The fraction of sp³-hybridized carbons (Fsp3) is 0.0556. The highest BCUT2D eigenvalue weighted by Crippen LogP contribution is 2.26. The van der Waals surface area contributed by atoms with E-state index in [0.29, 0.717) is 33.6 Å². The molecule has 0 aliphatic carbocycles. The third-order valence-corrected chi connectivity index (χ3v) is 3.86. The Hall–Kier alpha value is -3.55. The van der Waals surface area contributed by atoms with Crippen LogP contribution in [0.1, 0.15) is 5.56 Å². The van der Waals surface area contributed by atoms with Gasteiger partial charge in [-0.15, -0.1) is 5.10 Å². The summed E-state index contributed by atoms with van der Waals surface area (Å²) >= 11 is 0. The van der Waals surface area contributed by atoms with Crippen LogP contribution in [0.25, 0.3) is 22.3 Å². The van der Waals surface area contributed by atoms with Gasteiger partial charge in [0.15, 0.2) is 11.3 Å². The first-order chi connectivity index (χ1) is 12.6. The standard InChI is InChI=1S/C18H13F2N5O/c19-13-3-1-2-10(7-13)11-4-5-14(20)12(6-11)9-26-15-8-16(21)22-18-17(15)23-25-24-18/h1-8H,9H2,(H3,21,22,23,24,25). The highest BCUT2D eigenvalue weighted by molar-refractivity contribution is 5.78. The summed E-state index contributed by atoms with van der Waals surface area (Å²) in [6.07, 6.45) is 0. The number of nitrogens with two attached hydrogens (primary N) is 1. The Kier molecular flexibility index (Phi) is 3.92. The number of nitrogens with one attached hydrogen (secondary N) is 1. The molecule has 4 rings (SSSR count). The zero-order valence-corrected chi connectivity index (χ0v) is 13.4. The van der Waals surface area contributed by atoms with Gasteiger partial charge in [-0.05, 0) is 35.4 Å². The minimum atomic E-state index is -0.427. The second kappa shape index (κ2) is 6.40. The molecule has 8 heteroatoms. The van der Waals surface area contributed by atoms with Crippen molar-refractivity contribution in [2.24, 2.45) is 0 Å². The SMILES string of the molecule is Nc1cc(OCc2cc(-c3cccc(F)c3)ccc2F)c2n[nH]nc2n1. The Morgan fingerprint density at radius 2 is 1.85 bits per heavy atom. The number of anilines is 1. The third-order valence-electron chi connectivity index (χ3n) is 3.86. The predicted molar refractivity (Wildman–Crippen MR) is 92.2 cm³/mol. The summed E-state index contributed by atoms with van der Waals surface area (Å²) in [5.41, 5.74) is 8.09. The van der Waals surface area contributed by atoms with Gasteiger partial charge in [-0.2, -0.15) is 10.3 Å². The van der Waals surface area contributed by atoms with Crippen molar-refractivity contribution in [3.05, 3.63) is 65.7 Å². The van der Waals surface area contributed by atoms with E-state index in [1.54, 1.807) is 24.3 Å². The maximum absolute atomic E-state index is 14.2. The maximum Gasteiger partial charge on any atom is 0.207 e. The average molecular weight is 353 g/mol. The number of H-pyrrole nitrogens is 1. The largest absolute Gasteiger partial charge is 0.486 e. The number of hydrogen-bond acceptors (Lipinski definition) is 5. The molecule has 0 saturated carbocycles. The Bertz CT molecular complexity index is 1100. The van der Waals surface area contributed by atoms with Crippen LogP contribution in [0.2, 0.25) is 0 Å². The van der Waals surface area contributed by atoms with E-state index in [1.807, 2.05) is 0 Å². The molecule has 0 spiro atoms. The van der Waals surface area contributed by atoms with E-state index < -0.39 is 5.82 Å². The van der Waals surface area contributed by atoms with Crippen molar-refractivity contribution in [1.82, 2.24) is 20.4 Å². The number of nitrogen functional groups attached to an aromatic ring is 1. The normalized spacial score (nSPS) is 11.0. The molecule has 4 aromatic rings. The van der Waals surface area contributed by atoms with Gasteiger partial charge in [-0.25, -0.2) is 13.8 Å². The van der Waals surface area contributed by atoms with E-state index in [1.165, 1.54) is 24.3 Å². The third kappa shape index (κ3) is 3.04. The zero-order valence-electron chi connectivity index (χ0n) is 13.4. The molecule has 0 amide bonds. The summed E-state index contributed by atoms with van der Waals surface area (Å²) in [6, 6.07) is 12.1. The lowest BCUT2D eigenvalue weighted by atomic mass is 10.0. The number of pyridine rings is 1. The lowest BCUT2D eigenvalue weighted by Gasteiger charge is -2.10. The summed E-state index contributed by atoms with van der Waals surface area (Å²) in [5, 5.41) is 10.3.